The Labute approximate surface area is 189 Å². The number of benzene rings is 2. The van der Waals surface area contributed by atoms with Gasteiger partial charge in [-0.2, -0.15) is 0 Å². The van der Waals surface area contributed by atoms with E-state index in [1.165, 1.54) is 19.3 Å². The molecule has 1 N–H and O–H groups in total. The van der Waals surface area contributed by atoms with Gasteiger partial charge in [0, 0.05) is 22.2 Å². The van der Waals surface area contributed by atoms with Crippen molar-refractivity contribution >= 4 is 47.2 Å². The Kier molecular flexibility index (Phi) is 12.1. The molecule has 2 aromatic rings. The highest BCUT2D eigenvalue weighted by atomic mass is 35.5. The van der Waals surface area contributed by atoms with Crippen LogP contribution in [0.2, 0.25) is 15.1 Å². The van der Waals surface area contributed by atoms with Gasteiger partial charge in [0.25, 0.3) is 0 Å². The van der Waals surface area contributed by atoms with Crippen LogP contribution in [0.25, 0.3) is 0 Å². The van der Waals surface area contributed by atoms with Gasteiger partial charge in [0.2, 0.25) is 0 Å². The Morgan fingerprint density at radius 1 is 0.929 bits per heavy atom. The van der Waals surface area contributed by atoms with Crippen molar-refractivity contribution in [2.24, 2.45) is 0 Å². The third kappa shape index (κ3) is 7.88. The molecule has 0 spiro atoms. The smallest absolute Gasteiger partial charge is 0.180 e. The van der Waals surface area contributed by atoms with Crippen molar-refractivity contribution in [2.45, 2.75) is 46.3 Å². The lowest BCUT2D eigenvalue weighted by Gasteiger charge is -2.16. The lowest BCUT2D eigenvalue weighted by atomic mass is 10.2. The Hall–Kier alpha value is -0.840. The molecule has 28 heavy (non-hydrogen) atoms. The molecule has 2 aromatic carbocycles. The van der Waals surface area contributed by atoms with Crippen LogP contribution in [0.1, 0.15) is 44.2 Å². The maximum atomic E-state index is 6.48. The van der Waals surface area contributed by atoms with Crippen molar-refractivity contribution in [3.05, 3.63) is 56.5 Å². The van der Waals surface area contributed by atoms with Crippen molar-refractivity contribution in [1.82, 2.24) is 5.32 Å². The summed E-state index contributed by atoms with van der Waals surface area (Å²) in [4.78, 5) is 0. The Morgan fingerprint density at radius 2 is 1.71 bits per heavy atom. The van der Waals surface area contributed by atoms with Crippen LogP contribution in [0.3, 0.4) is 0 Å². The van der Waals surface area contributed by atoms with E-state index in [9.17, 15) is 0 Å². The fourth-order valence-electron chi connectivity index (χ4n) is 2.65. The van der Waals surface area contributed by atoms with E-state index < -0.39 is 0 Å². The summed E-state index contributed by atoms with van der Waals surface area (Å²) in [5, 5.41) is 5.11. The number of ether oxygens (including phenoxy) is 2. The molecule has 3 nitrogen and oxygen atoms in total. The molecule has 0 fully saturated rings. The second-order valence-electron chi connectivity index (χ2n) is 6.25. The Bertz CT molecular complexity index is 741. The van der Waals surface area contributed by atoms with Crippen LogP contribution in [0.4, 0.5) is 0 Å². The van der Waals surface area contributed by atoms with Crippen molar-refractivity contribution < 1.29 is 9.47 Å². The van der Waals surface area contributed by atoms with Gasteiger partial charge in [-0.25, -0.2) is 0 Å². The van der Waals surface area contributed by atoms with Crippen LogP contribution in [0, 0.1) is 0 Å². The number of halogens is 4. The van der Waals surface area contributed by atoms with E-state index in [0.717, 1.165) is 24.2 Å². The molecule has 2 rings (SSSR count). The summed E-state index contributed by atoms with van der Waals surface area (Å²) in [6.07, 6.45) is 3.62. The summed E-state index contributed by atoms with van der Waals surface area (Å²) in [7, 11) is 0. The van der Waals surface area contributed by atoms with E-state index in [2.05, 4.69) is 12.2 Å². The lowest BCUT2D eigenvalue weighted by molar-refractivity contribution is 0.269. The van der Waals surface area contributed by atoms with Crippen LogP contribution in [-0.2, 0) is 13.2 Å². The minimum absolute atomic E-state index is 0. The predicted molar refractivity (Wildman–Crippen MR) is 122 cm³/mol. The largest absolute Gasteiger partial charge is 0.490 e. The molecule has 0 bridgehead atoms. The minimum atomic E-state index is 0. The van der Waals surface area contributed by atoms with Crippen molar-refractivity contribution in [1.29, 1.82) is 0 Å². The monoisotopic (exact) mass is 465 g/mol. The highest BCUT2D eigenvalue weighted by Crippen LogP contribution is 2.37. The maximum Gasteiger partial charge on any atom is 0.180 e. The first kappa shape index (κ1) is 25.2. The summed E-state index contributed by atoms with van der Waals surface area (Å²) in [5.74, 6) is 1.17. The van der Waals surface area contributed by atoms with E-state index in [0.29, 0.717) is 33.2 Å². The van der Waals surface area contributed by atoms with Crippen LogP contribution >= 0.6 is 47.2 Å². The van der Waals surface area contributed by atoms with E-state index in [1.807, 2.05) is 25.1 Å². The average Bonchev–Trinajstić information content (AvgIpc) is 2.62. The summed E-state index contributed by atoms with van der Waals surface area (Å²) >= 11 is 18.6. The van der Waals surface area contributed by atoms with Gasteiger partial charge in [-0.15, -0.1) is 12.4 Å². The topological polar surface area (TPSA) is 30.5 Å². The van der Waals surface area contributed by atoms with Gasteiger partial charge in [0.1, 0.15) is 6.61 Å². The van der Waals surface area contributed by atoms with Gasteiger partial charge < -0.3 is 14.8 Å². The molecule has 7 heteroatoms. The number of unbranched alkanes of at least 4 members (excludes halogenated alkanes) is 2. The summed E-state index contributed by atoms with van der Waals surface area (Å²) in [5.41, 5.74) is 1.90. The number of nitrogens with one attached hydrogen (secondary N) is 1. The second kappa shape index (κ2) is 13.4. The van der Waals surface area contributed by atoms with Crippen molar-refractivity contribution in [3.8, 4) is 11.5 Å². The summed E-state index contributed by atoms with van der Waals surface area (Å²) in [6.45, 7) is 6.68. The zero-order chi connectivity index (χ0) is 19.6. The van der Waals surface area contributed by atoms with Crippen molar-refractivity contribution in [3.63, 3.8) is 0 Å². The SMILES string of the molecule is CCCCCNCc1cc(Cl)c(OCc2ccc(Cl)cc2Cl)c(OCC)c1.Cl. The average molecular weight is 467 g/mol. The van der Waals surface area contributed by atoms with Gasteiger partial charge in [-0.3, -0.25) is 0 Å². The van der Waals surface area contributed by atoms with Crippen LogP contribution in [0.5, 0.6) is 11.5 Å². The molecule has 0 aliphatic heterocycles. The first-order chi connectivity index (χ1) is 13.0. The van der Waals surface area contributed by atoms with E-state index in [1.54, 1.807) is 12.1 Å². The first-order valence-electron chi connectivity index (χ1n) is 9.27. The zero-order valence-corrected chi connectivity index (χ0v) is 19.3. The molecule has 0 atom stereocenters. The van der Waals surface area contributed by atoms with Crippen molar-refractivity contribution in [2.75, 3.05) is 13.2 Å². The molecule has 0 radical (unpaired) electrons. The Morgan fingerprint density at radius 3 is 2.39 bits per heavy atom. The van der Waals surface area contributed by atoms with Crippen LogP contribution in [0.15, 0.2) is 30.3 Å². The fourth-order valence-corrected chi connectivity index (χ4v) is 3.40. The standard InChI is InChI=1S/C21H26Cl3NO2.ClH/c1-3-5-6-9-25-13-15-10-19(24)21(20(11-15)26-4-2)27-14-16-7-8-17(22)12-18(16)23;/h7-8,10-12,25H,3-6,9,13-14H2,1-2H3;1H. The predicted octanol–water partition coefficient (Wildman–Crippen LogP) is 7.33. The molecule has 156 valence electrons. The van der Waals surface area contributed by atoms with Gasteiger partial charge >= 0.3 is 0 Å². The quantitative estimate of drug-likeness (QED) is 0.351. The summed E-state index contributed by atoms with van der Waals surface area (Å²) < 4.78 is 11.7. The van der Waals surface area contributed by atoms with Gasteiger partial charge in [0.15, 0.2) is 11.5 Å². The molecule has 0 saturated carbocycles. The Balaban J connectivity index is 0.00000392. The molecular weight excluding hydrogens is 440 g/mol. The number of hydrogen-bond acceptors (Lipinski definition) is 3. The number of hydrogen-bond donors (Lipinski definition) is 1. The second-order valence-corrected chi connectivity index (χ2v) is 7.50. The normalized spacial score (nSPS) is 10.5. The highest BCUT2D eigenvalue weighted by Gasteiger charge is 2.14. The van der Waals surface area contributed by atoms with Gasteiger partial charge in [0.05, 0.1) is 11.6 Å². The van der Waals surface area contributed by atoms with E-state index >= 15 is 0 Å². The van der Waals surface area contributed by atoms with Gasteiger partial charge in [-0.05, 0) is 49.7 Å². The molecule has 0 aliphatic rings. The van der Waals surface area contributed by atoms with E-state index in [4.69, 9.17) is 44.3 Å². The minimum Gasteiger partial charge on any atom is -0.490 e. The number of rotatable bonds is 11. The van der Waals surface area contributed by atoms with E-state index in [-0.39, 0.29) is 19.0 Å². The fraction of sp³-hybridized carbons (Fsp3) is 0.429. The zero-order valence-electron chi connectivity index (χ0n) is 16.2. The van der Waals surface area contributed by atoms with Crippen LogP contribution < -0.4 is 14.8 Å². The summed E-state index contributed by atoms with van der Waals surface area (Å²) in [6, 6.07) is 9.20. The first-order valence-corrected chi connectivity index (χ1v) is 10.4. The molecule has 0 saturated heterocycles. The highest BCUT2D eigenvalue weighted by molar-refractivity contribution is 6.35. The molecule has 0 heterocycles. The molecule has 0 aliphatic carbocycles. The lowest BCUT2D eigenvalue weighted by Crippen LogP contribution is -2.14. The third-order valence-electron chi connectivity index (χ3n) is 4.04. The maximum absolute atomic E-state index is 6.48. The molecule has 0 amide bonds. The molecule has 0 unspecified atom stereocenters. The van der Waals surface area contributed by atoms with Gasteiger partial charge in [-0.1, -0.05) is 60.6 Å². The molecular formula is C21H27Cl4NO2. The van der Waals surface area contributed by atoms with Crippen LogP contribution in [-0.4, -0.2) is 13.2 Å². The third-order valence-corrected chi connectivity index (χ3v) is 4.91. The molecule has 0 aromatic heterocycles.